The number of aryl methyl sites for hydroxylation is 1. The SMILES string of the molecule is Cc1ccc([C@@H]2CC(c3ccccc3)=NN2C(=O)CN2CCC(C(N)=O)CC2)cc1. The summed E-state index contributed by atoms with van der Waals surface area (Å²) in [6.45, 7) is 3.78. The summed E-state index contributed by atoms with van der Waals surface area (Å²) < 4.78 is 0. The molecule has 0 bridgehead atoms. The van der Waals surface area contributed by atoms with E-state index in [9.17, 15) is 9.59 Å². The van der Waals surface area contributed by atoms with E-state index in [0.29, 0.717) is 38.9 Å². The van der Waals surface area contributed by atoms with Gasteiger partial charge in [0.05, 0.1) is 18.3 Å². The molecule has 6 nitrogen and oxygen atoms in total. The lowest BCUT2D eigenvalue weighted by atomic mass is 9.96. The summed E-state index contributed by atoms with van der Waals surface area (Å²) in [7, 11) is 0. The van der Waals surface area contributed by atoms with Gasteiger partial charge in [0.1, 0.15) is 0 Å². The lowest BCUT2D eigenvalue weighted by Gasteiger charge is -2.31. The minimum atomic E-state index is -0.239. The third-order valence-corrected chi connectivity index (χ3v) is 6.08. The number of hydrogen-bond acceptors (Lipinski definition) is 4. The highest BCUT2D eigenvalue weighted by Crippen LogP contribution is 2.33. The zero-order chi connectivity index (χ0) is 21.1. The Morgan fingerprint density at radius 2 is 1.70 bits per heavy atom. The highest BCUT2D eigenvalue weighted by Gasteiger charge is 2.34. The third-order valence-electron chi connectivity index (χ3n) is 6.08. The first kappa shape index (κ1) is 20.3. The molecule has 2 N–H and O–H groups in total. The van der Waals surface area contributed by atoms with Gasteiger partial charge in [-0.2, -0.15) is 5.10 Å². The largest absolute Gasteiger partial charge is 0.369 e. The zero-order valence-electron chi connectivity index (χ0n) is 17.3. The number of nitrogens with zero attached hydrogens (tertiary/aromatic N) is 3. The van der Waals surface area contributed by atoms with Crippen molar-refractivity contribution < 1.29 is 9.59 Å². The molecule has 30 heavy (non-hydrogen) atoms. The summed E-state index contributed by atoms with van der Waals surface area (Å²) in [6.07, 6.45) is 2.12. The van der Waals surface area contributed by atoms with Gasteiger partial charge in [0, 0.05) is 12.3 Å². The highest BCUT2D eigenvalue weighted by atomic mass is 16.2. The van der Waals surface area contributed by atoms with E-state index in [1.165, 1.54) is 5.56 Å². The Morgan fingerprint density at radius 1 is 1.03 bits per heavy atom. The molecule has 0 aromatic heterocycles. The van der Waals surface area contributed by atoms with Crippen molar-refractivity contribution in [2.24, 2.45) is 16.8 Å². The van der Waals surface area contributed by atoms with Gasteiger partial charge in [0.2, 0.25) is 5.91 Å². The Balaban J connectivity index is 1.52. The molecule has 2 aromatic rings. The van der Waals surface area contributed by atoms with E-state index in [2.05, 4.69) is 36.1 Å². The standard InChI is InChI=1S/C24H28N4O2/c1-17-7-9-19(10-8-17)22-15-21(18-5-3-2-4-6-18)26-28(22)23(29)16-27-13-11-20(12-14-27)24(25)30/h2-10,20,22H,11-16H2,1H3,(H2,25,30)/t22-/m0/s1. The first-order chi connectivity index (χ1) is 14.5. The summed E-state index contributed by atoms with van der Waals surface area (Å²) in [4.78, 5) is 26.7. The van der Waals surface area contributed by atoms with Crippen LogP contribution in [0.15, 0.2) is 59.7 Å². The van der Waals surface area contributed by atoms with Crippen LogP contribution in [-0.4, -0.2) is 47.1 Å². The zero-order valence-corrected chi connectivity index (χ0v) is 17.3. The topological polar surface area (TPSA) is 79.0 Å². The van der Waals surface area contributed by atoms with Gasteiger partial charge in [0.25, 0.3) is 5.91 Å². The molecule has 2 aromatic carbocycles. The monoisotopic (exact) mass is 404 g/mol. The van der Waals surface area contributed by atoms with Crippen molar-refractivity contribution in [3.63, 3.8) is 0 Å². The van der Waals surface area contributed by atoms with E-state index in [1.807, 2.05) is 30.3 Å². The van der Waals surface area contributed by atoms with Crippen LogP contribution in [0.5, 0.6) is 0 Å². The summed E-state index contributed by atoms with van der Waals surface area (Å²) in [6, 6.07) is 18.3. The normalized spacial score (nSPS) is 20.2. The fraction of sp³-hybridized carbons (Fsp3) is 0.375. The van der Waals surface area contributed by atoms with Crippen molar-refractivity contribution in [1.29, 1.82) is 0 Å². The Bertz CT molecular complexity index is 931. The van der Waals surface area contributed by atoms with Gasteiger partial charge in [-0.25, -0.2) is 5.01 Å². The van der Waals surface area contributed by atoms with E-state index < -0.39 is 0 Å². The molecule has 1 atom stereocenters. The van der Waals surface area contributed by atoms with Crippen LogP contribution in [0.1, 0.15) is 42.0 Å². The highest BCUT2D eigenvalue weighted by molar-refractivity contribution is 6.03. The third kappa shape index (κ3) is 4.44. The molecular weight excluding hydrogens is 376 g/mol. The predicted octanol–water partition coefficient (Wildman–Crippen LogP) is 2.87. The average molecular weight is 405 g/mol. The second-order valence-electron chi connectivity index (χ2n) is 8.23. The number of primary amides is 1. The van der Waals surface area contributed by atoms with Crippen LogP contribution in [0.2, 0.25) is 0 Å². The molecule has 0 radical (unpaired) electrons. The Kier molecular flexibility index (Phi) is 5.95. The first-order valence-corrected chi connectivity index (χ1v) is 10.5. The van der Waals surface area contributed by atoms with Crippen LogP contribution in [0, 0.1) is 12.8 Å². The number of hydrogen-bond donors (Lipinski definition) is 1. The molecule has 2 aliphatic rings. The van der Waals surface area contributed by atoms with Crippen molar-refractivity contribution >= 4 is 17.5 Å². The summed E-state index contributed by atoms with van der Waals surface area (Å²) >= 11 is 0. The maximum atomic E-state index is 13.2. The van der Waals surface area contributed by atoms with Crippen molar-refractivity contribution in [3.05, 3.63) is 71.3 Å². The maximum Gasteiger partial charge on any atom is 0.257 e. The number of amides is 2. The second kappa shape index (κ2) is 8.79. The molecular formula is C24H28N4O2. The lowest BCUT2D eigenvalue weighted by Crippen LogP contribution is -2.44. The Morgan fingerprint density at radius 3 is 2.33 bits per heavy atom. The van der Waals surface area contributed by atoms with Gasteiger partial charge in [-0.15, -0.1) is 0 Å². The van der Waals surface area contributed by atoms with Gasteiger partial charge in [-0.1, -0.05) is 60.2 Å². The van der Waals surface area contributed by atoms with Crippen LogP contribution in [0.3, 0.4) is 0 Å². The van der Waals surface area contributed by atoms with Gasteiger partial charge in [0.15, 0.2) is 0 Å². The van der Waals surface area contributed by atoms with Gasteiger partial charge < -0.3 is 5.73 Å². The molecule has 0 spiro atoms. The van der Waals surface area contributed by atoms with Crippen LogP contribution in [-0.2, 0) is 9.59 Å². The van der Waals surface area contributed by atoms with E-state index in [-0.39, 0.29) is 23.8 Å². The van der Waals surface area contributed by atoms with Crippen LogP contribution in [0.25, 0.3) is 0 Å². The van der Waals surface area contributed by atoms with Gasteiger partial charge >= 0.3 is 0 Å². The lowest BCUT2D eigenvalue weighted by molar-refractivity contribution is -0.134. The van der Waals surface area contributed by atoms with Crippen molar-refractivity contribution in [2.75, 3.05) is 19.6 Å². The fourth-order valence-corrected chi connectivity index (χ4v) is 4.23. The number of piperidine rings is 1. The molecule has 0 saturated carbocycles. The smallest absolute Gasteiger partial charge is 0.257 e. The molecule has 1 fully saturated rings. The summed E-state index contributed by atoms with van der Waals surface area (Å²) in [5.74, 6) is -0.327. The van der Waals surface area contributed by atoms with E-state index in [0.717, 1.165) is 16.8 Å². The molecule has 0 unspecified atom stereocenters. The average Bonchev–Trinajstić information content (AvgIpc) is 3.21. The Labute approximate surface area is 177 Å². The van der Waals surface area contributed by atoms with Crippen LogP contribution < -0.4 is 5.73 Å². The first-order valence-electron chi connectivity index (χ1n) is 10.5. The number of carbonyl (C=O) groups is 2. The predicted molar refractivity (Wildman–Crippen MR) is 117 cm³/mol. The summed E-state index contributed by atoms with van der Waals surface area (Å²) in [5.41, 5.74) is 9.69. The van der Waals surface area contributed by atoms with Crippen molar-refractivity contribution in [3.8, 4) is 0 Å². The number of nitrogens with two attached hydrogens (primary N) is 1. The number of rotatable bonds is 5. The van der Waals surface area contributed by atoms with E-state index in [4.69, 9.17) is 10.8 Å². The van der Waals surface area contributed by atoms with E-state index in [1.54, 1.807) is 5.01 Å². The Hall–Kier alpha value is -2.99. The molecule has 0 aliphatic carbocycles. The quantitative estimate of drug-likeness (QED) is 0.832. The molecule has 4 rings (SSSR count). The summed E-state index contributed by atoms with van der Waals surface area (Å²) in [5, 5.41) is 6.41. The van der Waals surface area contributed by atoms with Crippen molar-refractivity contribution in [2.45, 2.75) is 32.2 Å². The van der Waals surface area contributed by atoms with Crippen LogP contribution in [0.4, 0.5) is 0 Å². The number of likely N-dealkylation sites (tertiary alicyclic amines) is 1. The fourth-order valence-electron chi connectivity index (χ4n) is 4.23. The number of benzene rings is 2. The second-order valence-corrected chi connectivity index (χ2v) is 8.23. The molecule has 1 saturated heterocycles. The maximum absolute atomic E-state index is 13.2. The molecule has 2 aliphatic heterocycles. The molecule has 156 valence electrons. The molecule has 6 heteroatoms. The molecule has 2 heterocycles. The van der Waals surface area contributed by atoms with Crippen molar-refractivity contribution in [1.82, 2.24) is 9.91 Å². The minimum Gasteiger partial charge on any atom is -0.369 e. The van der Waals surface area contributed by atoms with Gasteiger partial charge in [-0.3, -0.25) is 14.5 Å². The van der Waals surface area contributed by atoms with Crippen LogP contribution >= 0.6 is 0 Å². The van der Waals surface area contributed by atoms with Gasteiger partial charge in [-0.05, 0) is 44.0 Å². The van der Waals surface area contributed by atoms with E-state index >= 15 is 0 Å². The number of hydrazone groups is 1. The number of carbonyl (C=O) groups excluding carboxylic acids is 2. The minimum absolute atomic E-state index is 0.0102. The molecule has 2 amide bonds.